The maximum absolute atomic E-state index is 13.7. The molecular weight excluding hydrogens is 454 g/mol. The largest absolute Gasteiger partial charge is 0.359 e. The quantitative estimate of drug-likeness (QED) is 0.577. The molecule has 3 heterocycles. The predicted octanol–water partition coefficient (Wildman–Crippen LogP) is 3.68. The van der Waals surface area contributed by atoms with Crippen LogP contribution in [-0.4, -0.2) is 53.0 Å². The summed E-state index contributed by atoms with van der Waals surface area (Å²) in [5, 5.41) is 6.62. The van der Waals surface area contributed by atoms with Crippen molar-refractivity contribution in [3.8, 4) is 0 Å². The van der Waals surface area contributed by atoms with Gasteiger partial charge in [-0.05, 0) is 37.5 Å². The van der Waals surface area contributed by atoms with E-state index < -0.39 is 29.6 Å². The Bertz CT molecular complexity index is 1010. The number of halogens is 1. The van der Waals surface area contributed by atoms with Crippen molar-refractivity contribution in [2.24, 2.45) is 11.8 Å². The molecule has 3 fully saturated rings. The van der Waals surface area contributed by atoms with Crippen LogP contribution in [-0.2, 0) is 19.1 Å². The zero-order valence-electron chi connectivity index (χ0n) is 19.5. The number of fused-ring (bicyclic) bond motifs is 1. The van der Waals surface area contributed by atoms with Crippen molar-refractivity contribution in [3.63, 3.8) is 0 Å². The van der Waals surface area contributed by atoms with Crippen LogP contribution in [0.2, 0.25) is 5.02 Å². The Balaban J connectivity index is 1.42. The molecule has 7 nitrogen and oxygen atoms in total. The molecule has 5 atom stereocenters. The molecular formula is C26H32ClN3O4. The first-order chi connectivity index (χ1) is 16.4. The lowest BCUT2D eigenvalue weighted by molar-refractivity contribution is -0.141. The lowest BCUT2D eigenvalue weighted by Gasteiger charge is -2.34. The molecule has 1 spiro atoms. The summed E-state index contributed by atoms with van der Waals surface area (Å²) in [5.41, 5.74) is -0.539. The van der Waals surface area contributed by atoms with Crippen LogP contribution in [0.15, 0.2) is 36.4 Å². The summed E-state index contributed by atoms with van der Waals surface area (Å²) in [6.07, 6.45) is 10.2. The Labute approximate surface area is 205 Å². The third-order valence-corrected chi connectivity index (χ3v) is 7.96. The van der Waals surface area contributed by atoms with Crippen LogP contribution >= 0.6 is 11.6 Å². The lowest BCUT2D eigenvalue weighted by Crippen LogP contribution is -2.56. The summed E-state index contributed by atoms with van der Waals surface area (Å²) in [4.78, 5) is 42.4. The number of hydrogen-bond donors (Lipinski definition) is 2. The molecule has 1 aromatic carbocycles. The van der Waals surface area contributed by atoms with E-state index in [0.717, 1.165) is 38.5 Å². The van der Waals surface area contributed by atoms with Gasteiger partial charge in [0.25, 0.3) is 0 Å². The van der Waals surface area contributed by atoms with Crippen LogP contribution < -0.4 is 10.6 Å². The molecule has 8 heteroatoms. The third kappa shape index (κ3) is 3.93. The Kier molecular flexibility index (Phi) is 6.42. The fourth-order valence-corrected chi connectivity index (χ4v) is 6.35. The number of anilines is 1. The highest BCUT2D eigenvalue weighted by atomic mass is 35.5. The first-order valence-electron chi connectivity index (χ1n) is 12.5. The first kappa shape index (κ1) is 23.4. The van der Waals surface area contributed by atoms with E-state index in [2.05, 4.69) is 17.6 Å². The number of nitrogens with one attached hydrogen (secondary N) is 2. The van der Waals surface area contributed by atoms with Crippen LogP contribution in [0.25, 0.3) is 0 Å². The van der Waals surface area contributed by atoms with Crippen molar-refractivity contribution >= 4 is 35.0 Å². The van der Waals surface area contributed by atoms with E-state index in [1.165, 1.54) is 6.42 Å². The molecule has 0 radical (unpaired) electrons. The zero-order chi connectivity index (χ0) is 23.9. The van der Waals surface area contributed by atoms with Crippen molar-refractivity contribution in [1.82, 2.24) is 10.2 Å². The van der Waals surface area contributed by atoms with Gasteiger partial charge in [0.15, 0.2) is 0 Å². The minimum absolute atomic E-state index is 0.129. The van der Waals surface area contributed by atoms with Gasteiger partial charge >= 0.3 is 0 Å². The number of nitrogens with zero attached hydrogens (tertiary/aromatic N) is 1. The summed E-state index contributed by atoms with van der Waals surface area (Å²) in [7, 11) is 0. The maximum atomic E-state index is 13.7. The second-order valence-corrected chi connectivity index (χ2v) is 10.4. The number of benzene rings is 1. The van der Waals surface area contributed by atoms with E-state index in [-0.39, 0.29) is 23.8 Å². The molecule has 3 amide bonds. The Morgan fingerprint density at radius 2 is 2.00 bits per heavy atom. The average molecular weight is 486 g/mol. The smallest absolute Gasteiger partial charge is 0.246 e. The number of amides is 3. The SMILES string of the molecule is CCCCN1C(=O)[C@H]2[C@@H](C(=O)Nc3cccc(Cl)c3)[C@H]3C=C[C@@]2(O3)[C@@H]1C(=O)NC1CCCCC1. The number of carbonyl (C=O) groups is 3. The minimum Gasteiger partial charge on any atom is -0.359 e. The minimum atomic E-state index is -1.11. The first-order valence-corrected chi connectivity index (χ1v) is 12.9. The lowest BCUT2D eigenvalue weighted by atomic mass is 9.74. The van der Waals surface area contributed by atoms with E-state index >= 15 is 0 Å². The summed E-state index contributed by atoms with van der Waals surface area (Å²) in [5.74, 6) is -2.05. The van der Waals surface area contributed by atoms with E-state index in [1.54, 1.807) is 29.2 Å². The number of unbranched alkanes of at least 4 members (excludes halogenated alkanes) is 1. The van der Waals surface area contributed by atoms with Gasteiger partial charge < -0.3 is 20.3 Å². The van der Waals surface area contributed by atoms with Crippen LogP contribution in [0.1, 0.15) is 51.9 Å². The van der Waals surface area contributed by atoms with Gasteiger partial charge in [-0.3, -0.25) is 14.4 Å². The standard InChI is InChI=1S/C26H32ClN3O4/c1-2-3-14-30-22(24(32)28-17-9-5-4-6-10-17)26-13-12-19(34-26)20(21(26)25(30)33)23(31)29-18-11-7-8-16(27)15-18/h7-8,11-13,15,17,19-22H,2-6,9-10,14H2,1H3,(H,28,32)(H,29,31)/t19-,20+,21-,22+,26+/m1/s1. The van der Waals surface area contributed by atoms with Crippen molar-refractivity contribution in [3.05, 3.63) is 41.4 Å². The van der Waals surface area contributed by atoms with Crippen LogP contribution in [0.4, 0.5) is 5.69 Å². The van der Waals surface area contributed by atoms with Gasteiger partial charge in [0.1, 0.15) is 11.6 Å². The van der Waals surface area contributed by atoms with E-state index in [9.17, 15) is 14.4 Å². The van der Waals surface area contributed by atoms with E-state index in [1.807, 2.05) is 12.2 Å². The maximum Gasteiger partial charge on any atom is 0.246 e. The number of carbonyl (C=O) groups excluding carboxylic acids is 3. The van der Waals surface area contributed by atoms with Crippen LogP contribution in [0.5, 0.6) is 0 Å². The topological polar surface area (TPSA) is 87.7 Å². The molecule has 1 aliphatic carbocycles. The highest BCUT2D eigenvalue weighted by Gasteiger charge is 2.72. The summed E-state index contributed by atoms with van der Waals surface area (Å²) >= 11 is 6.07. The second kappa shape index (κ2) is 9.34. The number of hydrogen-bond acceptors (Lipinski definition) is 4. The normalized spacial score (nSPS) is 32.2. The van der Waals surface area contributed by atoms with Gasteiger partial charge in [-0.25, -0.2) is 0 Å². The number of ether oxygens (including phenoxy) is 1. The number of rotatable bonds is 7. The summed E-state index contributed by atoms with van der Waals surface area (Å²) in [6.45, 7) is 2.53. The van der Waals surface area contributed by atoms with Crippen molar-refractivity contribution < 1.29 is 19.1 Å². The molecule has 5 rings (SSSR count). The van der Waals surface area contributed by atoms with Crippen molar-refractivity contribution in [2.45, 2.75) is 75.7 Å². The summed E-state index contributed by atoms with van der Waals surface area (Å²) < 4.78 is 6.36. The molecule has 1 aromatic rings. The molecule has 3 aliphatic heterocycles. The zero-order valence-corrected chi connectivity index (χ0v) is 20.2. The molecule has 182 valence electrons. The van der Waals surface area contributed by atoms with Gasteiger partial charge in [0, 0.05) is 23.3 Å². The average Bonchev–Trinajstić information content (AvgIpc) is 3.45. The van der Waals surface area contributed by atoms with Gasteiger partial charge in [0.2, 0.25) is 17.7 Å². The molecule has 34 heavy (non-hydrogen) atoms. The molecule has 2 N–H and O–H groups in total. The number of likely N-dealkylation sites (tertiary alicyclic amines) is 1. The molecule has 2 saturated heterocycles. The van der Waals surface area contributed by atoms with Gasteiger partial charge in [-0.1, -0.05) is 62.4 Å². The predicted molar refractivity (Wildman–Crippen MR) is 129 cm³/mol. The molecule has 0 unspecified atom stereocenters. The Morgan fingerprint density at radius 3 is 2.74 bits per heavy atom. The van der Waals surface area contributed by atoms with Crippen LogP contribution in [0.3, 0.4) is 0 Å². The van der Waals surface area contributed by atoms with Crippen molar-refractivity contribution in [1.29, 1.82) is 0 Å². The third-order valence-electron chi connectivity index (χ3n) is 7.72. The molecule has 2 bridgehead atoms. The monoisotopic (exact) mass is 485 g/mol. The van der Waals surface area contributed by atoms with Gasteiger partial charge in [0.05, 0.1) is 17.9 Å². The molecule has 0 aromatic heterocycles. The fraction of sp³-hybridized carbons (Fsp3) is 0.577. The van der Waals surface area contributed by atoms with E-state index in [0.29, 0.717) is 17.3 Å². The second-order valence-electron chi connectivity index (χ2n) is 9.93. The summed E-state index contributed by atoms with van der Waals surface area (Å²) in [6, 6.07) is 6.29. The highest BCUT2D eigenvalue weighted by Crippen LogP contribution is 2.55. The Hall–Kier alpha value is -2.38. The molecule has 1 saturated carbocycles. The fourth-order valence-electron chi connectivity index (χ4n) is 6.16. The highest BCUT2D eigenvalue weighted by molar-refractivity contribution is 6.30. The van der Waals surface area contributed by atoms with Crippen molar-refractivity contribution in [2.75, 3.05) is 11.9 Å². The molecule has 4 aliphatic rings. The Morgan fingerprint density at radius 1 is 1.21 bits per heavy atom. The van der Waals surface area contributed by atoms with Crippen LogP contribution in [0, 0.1) is 11.8 Å². The van der Waals surface area contributed by atoms with Gasteiger partial charge in [-0.2, -0.15) is 0 Å². The van der Waals surface area contributed by atoms with E-state index in [4.69, 9.17) is 16.3 Å². The van der Waals surface area contributed by atoms with Gasteiger partial charge in [-0.15, -0.1) is 0 Å².